The first-order chi connectivity index (χ1) is 9.60. The van der Waals surface area contributed by atoms with Crippen molar-refractivity contribution in [3.8, 4) is 0 Å². The van der Waals surface area contributed by atoms with E-state index in [2.05, 4.69) is 0 Å². The first-order valence-electron chi connectivity index (χ1n) is 7.42. The third-order valence-corrected chi connectivity index (χ3v) is 4.58. The molecule has 1 aliphatic heterocycles. The summed E-state index contributed by atoms with van der Waals surface area (Å²) in [6.45, 7) is 1.12. The number of carbonyl (C=O) groups excluding carboxylic acids is 1. The zero-order valence-corrected chi connectivity index (χ0v) is 11.8. The molecule has 114 valence electrons. The molecule has 0 radical (unpaired) electrons. The summed E-state index contributed by atoms with van der Waals surface area (Å²) in [7, 11) is 0. The van der Waals surface area contributed by atoms with Gasteiger partial charge in [-0.15, -0.1) is 0 Å². The Morgan fingerprint density at radius 2 is 1.90 bits per heavy atom. The van der Waals surface area contributed by atoms with E-state index in [1.807, 2.05) is 0 Å². The molecule has 0 aromatic carbocycles. The molecule has 1 atom stereocenters. The summed E-state index contributed by atoms with van der Waals surface area (Å²) in [4.78, 5) is 25.7. The fraction of sp³-hybridized carbons (Fsp3) is 0.857. The first-order valence-corrected chi connectivity index (χ1v) is 7.42. The van der Waals surface area contributed by atoms with Crippen molar-refractivity contribution in [1.82, 2.24) is 4.90 Å². The van der Waals surface area contributed by atoms with Crippen molar-refractivity contribution in [3.63, 3.8) is 0 Å². The SMILES string of the molecule is NCC1(C(=O)N2CCOCC2C(=O)O)CCCCCC1. The number of ether oxygens (including phenoxy) is 1. The van der Waals surface area contributed by atoms with Crippen LogP contribution in [0.5, 0.6) is 0 Å². The average molecular weight is 284 g/mol. The van der Waals surface area contributed by atoms with E-state index < -0.39 is 17.4 Å². The molecule has 2 rings (SSSR count). The monoisotopic (exact) mass is 284 g/mol. The molecule has 0 bridgehead atoms. The van der Waals surface area contributed by atoms with E-state index in [0.29, 0.717) is 19.7 Å². The molecule has 0 spiro atoms. The number of rotatable bonds is 3. The lowest BCUT2D eigenvalue weighted by molar-refractivity contribution is -0.164. The van der Waals surface area contributed by atoms with Gasteiger partial charge in [-0.1, -0.05) is 25.7 Å². The normalized spacial score (nSPS) is 26.9. The highest BCUT2D eigenvalue weighted by molar-refractivity contribution is 5.88. The lowest BCUT2D eigenvalue weighted by atomic mass is 9.78. The zero-order chi connectivity index (χ0) is 14.6. The van der Waals surface area contributed by atoms with Crippen molar-refractivity contribution >= 4 is 11.9 Å². The second kappa shape index (κ2) is 6.54. The highest BCUT2D eigenvalue weighted by Gasteiger charge is 2.44. The van der Waals surface area contributed by atoms with Gasteiger partial charge in [-0.2, -0.15) is 0 Å². The molecular formula is C14H24N2O4. The van der Waals surface area contributed by atoms with Gasteiger partial charge in [-0.3, -0.25) is 4.79 Å². The standard InChI is InChI=1S/C14H24N2O4/c15-10-14(5-3-1-2-4-6-14)13(19)16-7-8-20-9-11(16)12(17)18/h11H,1-10,15H2,(H,17,18). The minimum atomic E-state index is -1.00. The van der Waals surface area contributed by atoms with Gasteiger partial charge >= 0.3 is 5.97 Å². The average Bonchev–Trinajstić information content (AvgIpc) is 2.72. The molecule has 1 saturated heterocycles. The number of hydrogen-bond donors (Lipinski definition) is 2. The van der Waals surface area contributed by atoms with Crippen LogP contribution in [0.2, 0.25) is 0 Å². The Hall–Kier alpha value is -1.14. The Balaban J connectivity index is 2.19. The molecule has 0 aromatic heterocycles. The number of carbonyl (C=O) groups is 2. The summed E-state index contributed by atoms with van der Waals surface area (Å²) in [6, 6.07) is -0.872. The van der Waals surface area contributed by atoms with E-state index in [4.69, 9.17) is 10.5 Å². The fourth-order valence-corrected chi connectivity index (χ4v) is 3.27. The van der Waals surface area contributed by atoms with Gasteiger partial charge in [0.05, 0.1) is 18.6 Å². The summed E-state index contributed by atoms with van der Waals surface area (Å²) in [5, 5.41) is 9.26. The van der Waals surface area contributed by atoms with E-state index >= 15 is 0 Å². The molecule has 6 nitrogen and oxygen atoms in total. The Morgan fingerprint density at radius 3 is 2.45 bits per heavy atom. The number of aliphatic carboxylic acids is 1. The first kappa shape index (κ1) is 15.3. The predicted molar refractivity (Wildman–Crippen MR) is 73.1 cm³/mol. The number of carboxylic acids is 1. The summed E-state index contributed by atoms with van der Waals surface area (Å²) >= 11 is 0. The van der Waals surface area contributed by atoms with Crippen LogP contribution in [0, 0.1) is 5.41 Å². The minimum absolute atomic E-state index is 0.0712. The van der Waals surface area contributed by atoms with Crippen molar-refractivity contribution in [2.45, 2.75) is 44.6 Å². The second-order valence-electron chi connectivity index (χ2n) is 5.83. The maximum atomic E-state index is 12.9. The Kier molecular flexibility index (Phi) is 4.99. The highest BCUT2D eigenvalue weighted by atomic mass is 16.5. The molecule has 3 N–H and O–H groups in total. The van der Waals surface area contributed by atoms with Gasteiger partial charge < -0.3 is 20.5 Å². The largest absolute Gasteiger partial charge is 0.480 e. The number of nitrogens with two attached hydrogens (primary N) is 1. The minimum Gasteiger partial charge on any atom is -0.480 e. The topological polar surface area (TPSA) is 92.9 Å². The lowest BCUT2D eigenvalue weighted by Gasteiger charge is -2.40. The van der Waals surface area contributed by atoms with E-state index in [1.54, 1.807) is 0 Å². The van der Waals surface area contributed by atoms with Crippen molar-refractivity contribution in [1.29, 1.82) is 0 Å². The van der Waals surface area contributed by atoms with Gasteiger partial charge in [0.25, 0.3) is 0 Å². The summed E-state index contributed by atoms with van der Waals surface area (Å²) in [5.74, 6) is -1.09. The number of morpholine rings is 1. The van der Waals surface area contributed by atoms with E-state index in [-0.39, 0.29) is 12.5 Å². The van der Waals surface area contributed by atoms with Crippen LogP contribution in [0.1, 0.15) is 38.5 Å². The Bertz CT molecular complexity index is 364. The Morgan fingerprint density at radius 1 is 1.25 bits per heavy atom. The molecule has 2 aliphatic rings. The number of nitrogens with zero attached hydrogens (tertiary/aromatic N) is 1. The van der Waals surface area contributed by atoms with Gasteiger partial charge in [0, 0.05) is 13.1 Å². The van der Waals surface area contributed by atoms with Crippen molar-refractivity contribution in [3.05, 3.63) is 0 Å². The summed E-state index contributed by atoms with van der Waals surface area (Å²) in [5.41, 5.74) is 5.34. The van der Waals surface area contributed by atoms with Crippen LogP contribution in [-0.2, 0) is 14.3 Å². The number of carboxylic acid groups (broad SMARTS) is 1. The lowest BCUT2D eigenvalue weighted by Crippen LogP contribution is -2.58. The smallest absolute Gasteiger partial charge is 0.328 e. The van der Waals surface area contributed by atoms with Gasteiger partial charge in [0.1, 0.15) is 0 Å². The molecule has 0 aromatic rings. The molecule has 1 unspecified atom stereocenters. The second-order valence-corrected chi connectivity index (χ2v) is 5.83. The van der Waals surface area contributed by atoms with Crippen LogP contribution < -0.4 is 5.73 Å². The maximum absolute atomic E-state index is 12.9. The number of hydrogen-bond acceptors (Lipinski definition) is 4. The van der Waals surface area contributed by atoms with E-state index in [0.717, 1.165) is 38.5 Å². The van der Waals surface area contributed by atoms with Crippen LogP contribution in [0.4, 0.5) is 0 Å². The Labute approximate surface area is 119 Å². The van der Waals surface area contributed by atoms with E-state index in [1.165, 1.54) is 4.90 Å². The quantitative estimate of drug-likeness (QED) is 0.740. The fourth-order valence-electron chi connectivity index (χ4n) is 3.27. The van der Waals surface area contributed by atoms with Crippen LogP contribution in [0.25, 0.3) is 0 Å². The van der Waals surface area contributed by atoms with Gasteiger partial charge in [0.2, 0.25) is 5.91 Å². The van der Waals surface area contributed by atoms with Gasteiger partial charge in [0.15, 0.2) is 6.04 Å². The summed E-state index contributed by atoms with van der Waals surface area (Å²) in [6.07, 6.45) is 5.77. The molecule has 1 heterocycles. The zero-order valence-electron chi connectivity index (χ0n) is 11.8. The van der Waals surface area contributed by atoms with Crippen LogP contribution in [0.3, 0.4) is 0 Å². The van der Waals surface area contributed by atoms with E-state index in [9.17, 15) is 14.7 Å². The van der Waals surface area contributed by atoms with Crippen LogP contribution in [-0.4, -0.2) is 54.2 Å². The van der Waals surface area contributed by atoms with Crippen molar-refractivity contribution < 1.29 is 19.4 Å². The molecule has 1 aliphatic carbocycles. The van der Waals surface area contributed by atoms with Crippen LogP contribution >= 0.6 is 0 Å². The maximum Gasteiger partial charge on any atom is 0.328 e. The molecule has 2 fully saturated rings. The molecule has 20 heavy (non-hydrogen) atoms. The molecule has 6 heteroatoms. The van der Waals surface area contributed by atoms with Crippen molar-refractivity contribution in [2.75, 3.05) is 26.3 Å². The summed E-state index contributed by atoms with van der Waals surface area (Å²) < 4.78 is 5.20. The highest BCUT2D eigenvalue weighted by Crippen LogP contribution is 2.36. The number of amides is 1. The van der Waals surface area contributed by atoms with Gasteiger partial charge in [-0.05, 0) is 12.8 Å². The molecule has 1 saturated carbocycles. The molecular weight excluding hydrogens is 260 g/mol. The molecule has 1 amide bonds. The van der Waals surface area contributed by atoms with Gasteiger partial charge in [-0.25, -0.2) is 4.79 Å². The third kappa shape index (κ3) is 2.96. The van der Waals surface area contributed by atoms with Crippen LogP contribution in [0.15, 0.2) is 0 Å². The van der Waals surface area contributed by atoms with Crippen molar-refractivity contribution in [2.24, 2.45) is 11.1 Å². The third-order valence-electron chi connectivity index (χ3n) is 4.58. The predicted octanol–water partition coefficient (Wildman–Crippen LogP) is 0.598.